The highest BCUT2D eigenvalue weighted by Crippen LogP contribution is 2.41. The van der Waals surface area contributed by atoms with Crippen LogP contribution in [0.1, 0.15) is 28.9 Å². The highest BCUT2D eigenvalue weighted by molar-refractivity contribution is 7.82. The maximum atomic E-state index is 13.8. The van der Waals surface area contributed by atoms with Crippen LogP contribution in [0.15, 0.2) is 89.8 Å². The molecule has 4 rings (SSSR count). The Morgan fingerprint density at radius 3 is 2.03 bits per heavy atom. The van der Waals surface area contributed by atoms with Crippen molar-refractivity contribution in [2.45, 2.75) is 30.1 Å². The molecule has 1 fully saturated rings. The summed E-state index contributed by atoms with van der Waals surface area (Å²) in [7, 11) is -0.126. The number of esters is 1. The first kappa shape index (κ1) is 20.5. The van der Waals surface area contributed by atoms with Gasteiger partial charge in [-0.05, 0) is 30.2 Å². The molecule has 1 aliphatic rings. The number of hydrogen-bond donors (Lipinski definition) is 1. The normalized spacial score (nSPS) is 22.5. The molecule has 0 unspecified atom stereocenters. The smallest absolute Gasteiger partial charge is 0.324 e. The lowest BCUT2D eigenvalue weighted by atomic mass is 10.0. The lowest BCUT2D eigenvalue weighted by Gasteiger charge is -2.29. The number of nitrogens with zero attached hydrogens (tertiary/aromatic N) is 1. The van der Waals surface area contributed by atoms with Crippen LogP contribution in [0, 0.1) is 6.92 Å². The number of rotatable bonds is 5. The highest BCUT2D eigenvalue weighted by atomic mass is 32.2. The molecule has 0 aromatic heterocycles. The van der Waals surface area contributed by atoms with Crippen molar-refractivity contribution in [1.29, 1.82) is 0 Å². The molecule has 6 heteroatoms. The van der Waals surface area contributed by atoms with Crippen molar-refractivity contribution in [2.24, 2.45) is 0 Å². The van der Waals surface area contributed by atoms with E-state index in [0.29, 0.717) is 4.90 Å². The topological polar surface area (TPSA) is 58.6 Å². The Kier molecular flexibility index (Phi) is 6.08. The molecule has 4 atom stereocenters. The molecule has 0 bridgehead atoms. The van der Waals surface area contributed by atoms with Crippen molar-refractivity contribution >= 4 is 17.0 Å². The van der Waals surface area contributed by atoms with Crippen LogP contribution >= 0.6 is 0 Å². The Morgan fingerprint density at radius 1 is 0.900 bits per heavy atom. The molecule has 3 aromatic carbocycles. The van der Waals surface area contributed by atoms with Gasteiger partial charge in [-0.25, -0.2) is 4.21 Å². The molecule has 0 aliphatic carbocycles. The fourth-order valence-electron chi connectivity index (χ4n) is 3.81. The second-order valence-corrected chi connectivity index (χ2v) is 8.65. The lowest BCUT2D eigenvalue weighted by Crippen LogP contribution is -2.37. The monoisotopic (exact) mass is 420 g/mol. The average molecular weight is 421 g/mol. The molecule has 0 amide bonds. The van der Waals surface area contributed by atoms with E-state index < -0.39 is 29.2 Å². The molecule has 5 nitrogen and oxygen atoms in total. The zero-order valence-electron chi connectivity index (χ0n) is 16.9. The third kappa shape index (κ3) is 3.94. The number of nitrogens with one attached hydrogen (secondary N) is 1. The molecule has 0 saturated carbocycles. The number of carbonyl (C=O) groups is 1. The van der Waals surface area contributed by atoms with E-state index >= 15 is 0 Å². The van der Waals surface area contributed by atoms with Crippen LogP contribution in [0.5, 0.6) is 0 Å². The van der Waals surface area contributed by atoms with E-state index in [1.165, 1.54) is 7.11 Å². The minimum Gasteiger partial charge on any atom is -0.468 e. The lowest BCUT2D eigenvalue weighted by molar-refractivity contribution is -0.143. The summed E-state index contributed by atoms with van der Waals surface area (Å²) < 4.78 is 20.8. The van der Waals surface area contributed by atoms with Crippen LogP contribution in [0.2, 0.25) is 0 Å². The summed E-state index contributed by atoms with van der Waals surface area (Å²) in [5.74, 6) is -0.381. The van der Waals surface area contributed by atoms with E-state index in [1.807, 2.05) is 96.2 Å². The van der Waals surface area contributed by atoms with Crippen molar-refractivity contribution in [3.05, 3.63) is 102 Å². The van der Waals surface area contributed by atoms with Gasteiger partial charge in [-0.2, -0.15) is 4.31 Å². The highest BCUT2D eigenvalue weighted by Gasteiger charge is 2.49. The van der Waals surface area contributed by atoms with Gasteiger partial charge < -0.3 is 4.74 Å². The van der Waals surface area contributed by atoms with Crippen molar-refractivity contribution < 1.29 is 13.7 Å². The molecule has 3 aromatic rings. The largest absolute Gasteiger partial charge is 0.468 e. The van der Waals surface area contributed by atoms with Crippen molar-refractivity contribution in [2.75, 3.05) is 7.11 Å². The fourth-order valence-corrected chi connectivity index (χ4v) is 5.25. The summed E-state index contributed by atoms with van der Waals surface area (Å²) in [4.78, 5) is 13.4. The molecular formula is C24H24N2O3S. The second kappa shape index (κ2) is 8.92. The number of ether oxygens (including phenoxy) is 1. The van der Waals surface area contributed by atoms with Crippen LogP contribution in [0.25, 0.3) is 0 Å². The van der Waals surface area contributed by atoms with Gasteiger partial charge >= 0.3 is 5.97 Å². The number of hydrogen-bond acceptors (Lipinski definition) is 4. The minimum atomic E-state index is -1.50. The molecule has 0 radical (unpaired) electrons. The van der Waals surface area contributed by atoms with Crippen LogP contribution in [-0.2, 0) is 20.5 Å². The summed E-state index contributed by atoms with van der Waals surface area (Å²) in [5, 5.41) is 3.38. The zero-order chi connectivity index (χ0) is 21.1. The van der Waals surface area contributed by atoms with E-state index in [4.69, 9.17) is 4.74 Å². The third-order valence-electron chi connectivity index (χ3n) is 5.31. The van der Waals surface area contributed by atoms with E-state index in [9.17, 15) is 9.00 Å². The Morgan fingerprint density at radius 2 is 1.47 bits per heavy atom. The van der Waals surface area contributed by atoms with Crippen molar-refractivity contribution in [3.63, 3.8) is 0 Å². The molecule has 1 saturated heterocycles. The summed E-state index contributed by atoms with van der Waals surface area (Å²) in [6.07, 6.45) is -0.414. The fraction of sp³-hybridized carbons (Fsp3) is 0.208. The summed E-state index contributed by atoms with van der Waals surface area (Å²) in [6, 6.07) is 26.0. The standard InChI is InChI=1S/C24H24N2O3S/c1-17-13-15-20(16-14-17)30(28)26-22(18-9-5-3-6-10-18)21(24(27)29-2)25-23(26)19-11-7-4-8-12-19/h3-16,21-23,25H,1-2H3/t21-,22+,23-,30-/m0/s1. The maximum Gasteiger partial charge on any atom is 0.324 e. The van der Waals surface area contributed by atoms with Gasteiger partial charge in [-0.1, -0.05) is 78.4 Å². The molecule has 30 heavy (non-hydrogen) atoms. The van der Waals surface area contributed by atoms with E-state index in [0.717, 1.165) is 16.7 Å². The van der Waals surface area contributed by atoms with Crippen molar-refractivity contribution in [3.8, 4) is 0 Å². The summed E-state index contributed by atoms with van der Waals surface area (Å²) in [5.41, 5.74) is 2.94. The molecule has 1 aliphatic heterocycles. The SMILES string of the molecule is COC(=O)[C@H]1N[C@H](c2ccccc2)N([S@@](=O)c2ccc(C)cc2)[C@@H]1c1ccccc1. The van der Waals surface area contributed by atoms with Crippen LogP contribution in [0.4, 0.5) is 0 Å². The van der Waals surface area contributed by atoms with E-state index in [-0.39, 0.29) is 5.97 Å². The van der Waals surface area contributed by atoms with Gasteiger partial charge in [0.2, 0.25) is 0 Å². The Hall–Kier alpha value is -2.80. The molecule has 1 N–H and O–H groups in total. The number of carbonyl (C=O) groups excluding carboxylic acids is 1. The van der Waals surface area contributed by atoms with Crippen LogP contribution in [-0.4, -0.2) is 27.6 Å². The third-order valence-corrected chi connectivity index (χ3v) is 6.80. The predicted molar refractivity (Wildman–Crippen MR) is 117 cm³/mol. The average Bonchev–Trinajstić information content (AvgIpc) is 3.20. The summed E-state index contributed by atoms with van der Waals surface area (Å²) >= 11 is 0. The van der Waals surface area contributed by atoms with Crippen LogP contribution < -0.4 is 5.32 Å². The summed E-state index contributed by atoms with van der Waals surface area (Å²) in [6.45, 7) is 2.00. The Balaban J connectivity index is 1.84. The van der Waals surface area contributed by atoms with Gasteiger partial charge in [0.1, 0.15) is 17.0 Å². The van der Waals surface area contributed by atoms with E-state index in [1.54, 1.807) is 0 Å². The van der Waals surface area contributed by atoms with Gasteiger partial charge in [-0.3, -0.25) is 10.1 Å². The first-order chi connectivity index (χ1) is 14.6. The first-order valence-corrected chi connectivity index (χ1v) is 10.9. The first-order valence-electron chi connectivity index (χ1n) is 9.81. The van der Waals surface area contributed by atoms with Gasteiger partial charge in [0, 0.05) is 0 Å². The minimum absolute atomic E-state index is 0.381. The van der Waals surface area contributed by atoms with Gasteiger partial charge in [-0.15, -0.1) is 0 Å². The maximum absolute atomic E-state index is 13.8. The van der Waals surface area contributed by atoms with Gasteiger partial charge in [0.05, 0.1) is 24.2 Å². The van der Waals surface area contributed by atoms with E-state index in [2.05, 4.69) is 5.32 Å². The Bertz CT molecular complexity index is 1030. The second-order valence-electron chi connectivity index (χ2n) is 7.26. The predicted octanol–water partition coefficient (Wildman–Crippen LogP) is 3.90. The van der Waals surface area contributed by atoms with Gasteiger partial charge in [0.25, 0.3) is 0 Å². The Labute approximate surface area is 179 Å². The van der Waals surface area contributed by atoms with Gasteiger partial charge in [0.15, 0.2) is 0 Å². The molecule has 154 valence electrons. The van der Waals surface area contributed by atoms with Crippen LogP contribution in [0.3, 0.4) is 0 Å². The number of methoxy groups -OCH3 is 1. The molecular weight excluding hydrogens is 396 g/mol. The number of benzene rings is 3. The molecule has 1 heterocycles. The zero-order valence-corrected chi connectivity index (χ0v) is 17.7. The van der Waals surface area contributed by atoms with Crippen molar-refractivity contribution in [1.82, 2.24) is 9.62 Å². The molecule has 0 spiro atoms. The number of aryl methyl sites for hydroxylation is 1. The quantitative estimate of drug-likeness (QED) is 0.636.